The van der Waals surface area contributed by atoms with Crippen LogP contribution in [0.3, 0.4) is 0 Å². The number of allylic oxidation sites excluding steroid dienone is 1. The molecule has 1 saturated carbocycles. The van der Waals surface area contributed by atoms with Gasteiger partial charge < -0.3 is 5.11 Å². The molecule has 0 amide bonds. The number of hydrogen-bond donors (Lipinski definition) is 2. The van der Waals surface area contributed by atoms with E-state index >= 15 is 0 Å². The second-order valence-corrected chi connectivity index (χ2v) is 7.15. The Bertz CT molecular complexity index is 620. The van der Waals surface area contributed by atoms with E-state index in [1.807, 2.05) is 14.0 Å². The standard InChI is InChI=1S/C15H19BrN2O2/c1-8-11-5-4-10-13(18(3)17-14(10)16)15(11,2)6-9(7-19)12(8)20/h7-8,11H,4-6H2,1-3H3,(H,19,20)/p+1/t8-,11-,15-/m0/s1. The van der Waals surface area contributed by atoms with Crippen LogP contribution in [0.5, 0.6) is 0 Å². The number of aromatic amines is 1. The van der Waals surface area contributed by atoms with E-state index in [1.54, 1.807) is 0 Å². The second-order valence-electron chi connectivity index (χ2n) is 6.36. The summed E-state index contributed by atoms with van der Waals surface area (Å²) in [5.74, 6) is 0.407. The number of aryl methyl sites for hydroxylation is 1. The maximum absolute atomic E-state index is 12.3. The first kappa shape index (κ1) is 13.9. The number of carbonyl (C=O) groups is 1. The van der Waals surface area contributed by atoms with Crippen LogP contribution in [0, 0.1) is 11.8 Å². The second kappa shape index (κ2) is 4.45. The van der Waals surface area contributed by atoms with Gasteiger partial charge in [0.25, 0.3) is 0 Å². The minimum Gasteiger partial charge on any atom is -0.515 e. The third-order valence-electron chi connectivity index (χ3n) is 5.26. The largest absolute Gasteiger partial charge is 0.515 e. The van der Waals surface area contributed by atoms with Crippen molar-refractivity contribution in [2.24, 2.45) is 18.9 Å². The Kier molecular flexibility index (Phi) is 3.08. The van der Waals surface area contributed by atoms with E-state index in [4.69, 9.17) is 0 Å². The molecule has 2 aliphatic rings. The Morgan fingerprint density at radius 3 is 2.90 bits per heavy atom. The third kappa shape index (κ3) is 1.65. The Hall–Kier alpha value is -1.10. The van der Waals surface area contributed by atoms with Gasteiger partial charge in [0.2, 0.25) is 5.69 Å². The average Bonchev–Trinajstić information content (AvgIpc) is 2.70. The number of H-pyrrole nitrogens is 1. The number of nitrogens with one attached hydrogen (secondary N) is 1. The van der Waals surface area contributed by atoms with Gasteiger partial charge in [0.1, 0.15) is 4.60 Å². The summed E-state index contributed by atoms with van der Waals surface area (Å²) in [6.45, 7) is 4.23. The molecule has 0 spiro atoms. The Morgan fingerprint density at radius 2 is 2.25 bits per heavy atom. The molecule has 1 fully saturated rings. The van der Waals surface area contributed by atoms with Gasteiger partial charge in [-0.25, -0.2) is 0 Å². The van der Waals surface area contributed by atoms with E-state index in [0.29, 0.717) is 17.9 Å². The Balaban J connectivity index is 2.19. The molecule has 5 heteroatoms. The smallest absolute Gasteiger partial charge is 0.218 e. The van der Waals surface area contributed by atoms with Crippen LogP contribution < -0.4 is 4.68 Å². The van der Waals surface area contributed by atoms with Gasteiger partial charge in [-0.3, -0.25) is 4.79 Å². The van der Waals surface area contributed by atoms with Crippen molar-refractivity contribution < 1.29 is 14.6 Å². The molecule has 3 atom stereocenters. The highest BCUT2D eigenvalue weighted by Gasteiger charge is 2.55. The van der Waals surface area contributed by atoms with Crippen LogP contribution in [0.2, 0.25) is 0 Å². The van der Waals surface area contributed by atoms with E-state index < -0.39 is 0 Å². The predicted molar refractivity (Wildman–Crippen MR) is 78.3 cm³/mol. The number of aliphatic hydroxyl groups excluding tert-OH is 1. The fourth-order valence-corrected chi connectivity index (χ4v) is 5.06. The number of rotatable bonds is 0. The summed E-state index contributed by atoms with van der Waals surface area (Å²) in [6.07, 6.45) is 3.63. The van der Waals surface area contributed by atoms with Crippen LogP contribution in [0.1, 0.15) is 37.9 Å². The SMILES string of the molecule is C[C@@H]1C(=O)C(=CO)C[C@]2(C)c3c(c(Br)[nH][n+]3C)CC[C@@H]12. The zero-order chi connectivity index (χ0) is 14.7. The lowest BCUT2D eigenvalue weighted by Crippen LogP contribution is -2.53. The van der Waals surface area contributed by atoms with Crippen LogP contribution in [0.25, 0.3) is 0 Å². The first-order valence-corrected chi connectivity index (χ1v) is 7.83. The molecule has 1 aromatic rings. The Morgan fingerprint density at radius 1 is 1.55 bits per heavy atom. The lowest BCUT2D eigenvalue weighted by molar-refractivity contribution is -0.738. The van der Waals surface area contributed by atoms with Gasteiger partial charge >= 0.3 is 0 Å². The quantitative estimate of drug-likeness (QED) is 0.433. The first-order valence-electron chi connectivity index (χ1n) is 7.04. The van der Waals surface area contributed by atoms with Crippen molar-refractivity contribution in [2.75, 3.05) is 0 Å². The molecule has 108 valence electrons. The number of hydrogen-bond acceptors (Lipinski definition) is 2. The van der Waals surface area contributed by atoms with Crippen LogP contribution in [0.15, 0.2) is 16.4 Å². The minimum absolute atomic E-state index is 0.0334. The van der Waals surface area contributed by atoms with Crippen LogP contribution in [-0.2, 0) is 23.7 Å². The number of nitrogens with zero attached hydrogens (tertiary/aromatic N) is 1. The summed E-state index contributed by atoms with van der Waals surface area (Å²) >= 11 is 3.60. The van der Waals surface area contributed by atoms with E-state index in [9.17, 15) is 9.90 Å². The number of aromatic nitrogens is 2. The van der Waals surface area contributed by atoms with Gasteiger partial charge in [-0.2, -0.15) is 5.10 Å². The molecule has 3 rings (SSSR count). The topological polar surface area (TPSA) is 57.0 Å². The summed E-state index contributed by atoms with van der Waals surface area (Å²) < 4.78 is 3.09. The average molecular weight is 340 g/mol. The lowest BCUT2D eigenvalue weighted by Gasteiger charge is -2.45. The molecule has 2 aliphatic carbocycles. The maximum Gasteiger partial charge on any atom is 0.218 e. The van der Waals surface area contributed by atoms with E-state index in [1.165, 1.54) is 11.3 Å². The van der Waals surface area contributed by atoms with E-state index in [0.717, 1.165) is 23.7 Å². The highest BCUT2D eigenvalue weighted by atomic mass is 79.9. The monoisotopic (exact) mass is 339 g/mol. The van der Waals surface area contributed by atoms with Crippen LogP contribution >= 0.6 is 15.9 Å². The molecule has 2 N–H and O–H groups in total. The Labute approximate surface area is 127 Å². The third-order valence-corrected chi connectivity index (χ3v) is 5.92. The summed E-state index contributed by atoms with van der Waals surface area (Å²) in [5, 5.41) is 12.7. The fourth-order valence-electron chi connectivity index (χ4n) is 4.41. The molecule has 1 aromatic heterocycles. The van der Waals surface area contributed by atoms with Gasteiger partial charge in [-0.15, -0.1) is 4.68 Å². The molecule has 0 bridgehead atoms. The molecule has 0 saturated heterocycles. The zero-order valence-corrected chi connectivity index (χ0v) is 13.6. The molecule has 20 heavy (non-hydrogen) atoms. The number of fused-ring (bicyclic) bond motifs is 3. The summed E-state index contributed by atoms with van der Waals surface area (Å²) in [4.78, 5) is 12.3. The zero-order valence-electron chi connectivity index (χ0n) is 12.0. The van der Waals surface area contributed by atoms with Crippen molar-refractivity contribution >= 4 is 21.7 Å². The van der Waals surface area contributed by atoms with Crippen molar-refractivity contribution in [1.29, 1.82) is 0 Å². The molecule has 0 radical (unpaired) electrons. The predicted octanol–water partition coefficient (Wildman–Crippen LogP) is 2.47. The van der Waals surface area contributed by atoms with E-state index in [2.05, 4.69) is 32.6 Å². The summed E-state index contributed by atoms with van der Waals surface area (Å²) in [7, 11) is 2.01. The lowest BCUT2D eigenvalue weighted by atomic mass is 9.55. The molecule has 0 aliphatic heterocycles. The molecule has 0 unspecified atom stereocenters. The van der Waals surface area contributed by atoms with Gasteiger partial charge in [-0.05, 0) is 48.0 Å². The molecule has 0 aromatic carbocycles. The van der Waals surface area contributed by atoms with Crippen molar-refractivity contribution in [3.05, 3.63) is 27.7 Å². The van der Waals surface area contributed by atoms with Crippen molar-refractivity contribution in [3.63, 3.8) is 0 Å². The number of aliphatic hydroxyl groups is 1. The van der Waals surface area contributed by atoms with Gasteiger partial charge in [0.15, 0.2) is 12.8 Å². The summed E-state index contributed by atoms with van der Waals surface area (Å²) in [6, 6.07) is 0. The van der Waals surface area contributed by atoms with Gasteiger partial charge in [0, 0.05) is 11.5 Å². The normalized spacial score (nSPS) is 35.0. The molecular weight excluding hydrogens is 320 g/mol. The minimum atomic E-state index is -0.104. The molecular formula is C15H20BrN2O2+. The fraction of sp³-hybridized carbons (Fsp3) is 0.600. The van der Waals surface area contributed by atoms with Gasteiger partial charge in [0.05, 0.1) is 17.2 Å². The van der Waals surface area contributed by atoms with E-state index in [-0.39, 0.29) is 17.1 Å². The highest BCUT2D eigenvalue weighted by Crippen LogP contribution is 2.52. The summed E-state index contributed by atoms with van der Waals surface area (Å²) in [5.41, 5.74) is 3.03. The van der Waals surface area contributed by atoms with Crippen LogP contribution in [-0.4, -0.2) is 16.0 Å². The molecule has 4 nitrogen and oxygen atoms in total. The van der Waals surface area contributed by atoms with Crippen molar-refractivity contribution in [1.82, 2.24) is 5.10 Å². The van der Waals surface area contributed by atoms with Crippen LogP contribution in [0.4, 0.5) is 0 Å². The van der Waals surface area contributed by atoms with Crippen molar-refractivity contribution in [3.8, 4) is 0 Å². The first-order chi connectivity index (χ1) is 9.40. The van der Waals surface area contributed by atoms with Crippen molar-refractivity contribution in [2.45, 2.75) is 38.5 Å². The number of ketones is 1. The van der Waals surface area contributed by atoms with Gasteiger partial charge in [-0.1, -0.05) is 6.92 Å². The molecule has 1 heterocycles. The number of Topliss-reactive ketones (excluding diaryl/α,β-unsaturated/α-hetero) is 1. The number of halogens is 1. The highest BCUT2D eigenvalue weighted by molar-refractivity contribution is 9.10. The maximum atomic E-state index is 12.3. The number of carbonyl (C=O) groups excluding carboxylic acids is 1.